The van der Waals surface area contributed by atoms with Gasteiger partial charge in [0.15, 0.2) is 5.06 Å². The predicted molar refractivity (Wildman–Crippen MR) is 144 cm³/mol. The highest BCUT2D eigenvalue weighted by Crippen LogP contribution is 2.44. The first-order valence-electron chi connectivity index (χ1n) is 12.6. The molecule has 1 aromatic heterocycles. The summed E-state index contributed by atoms with van der Waals surface area (Å²) in [6.45, 7) is 12.8. The van der Waals surface area contributed by atoms with Gasteiger partial charge in [0.05, 0.1) is 54.0 Å². The maximum Gasteiger partial charge on any atom is 0.223 e. The van der Waals surface area contributed by atoms with Crippen molar-refractivity contribution in [2.45, 2.75) is 83.3 Å². The van der Waals surface area contributed by atoms with E-state index in [1.165, 1.54) is 11.3 Å². The summed E-state index contributed by atoms with van der Waals surface area (Å²) in [6.07, 6.45) is 1.22. The smallest absolute Gasteiger partial charge is 0.223 e. The molecule has 2 saturated heterocycles. The van der Waals surface area contributed by atoms with E-state index in [1.807, 2.05) is 25.3 Å². The maximum atomic E-state index is 13.5. The fraction of sp³-hybridized carbons (Fsp3) is 0.667. The molecule has 0 aliphatic carbocycles. The van der Waals surface area contributed by atoms with Crippen LogP contribution in [0.2, 0.25) is 0 Å². The summed E-state index contributed by atoms with van der Waals surface area (Å²) < 4.78 is 11.6. The van der Waals surface area contributed by atoms with Crippen LogP contribution < -0.4 is 5.32 Å². The van der Waals surface area contributed by atoms with Crippen LogP contribution >= 0.6 is 22.9 Å². The van der Waals surface area contributed by atoms with Gasteiger partial charge in [-0.05, 0) is 31.9 Å². The number of amides is 1. The molecular weight excluding hydrogens is 516 g/mol. The molecule has 0 radical (unpaired) electrons. The minimum Gasteiger partial charge on any atom is -0.392 e. The summed E-state index contributed by atoms with van der Waals surface area (Å²) in [7, 11) is 0. The Morgan fingerprint density at radius 1 is 1.38 bits per heavy atom. The predicted octanol–water partition coefficient (Wildman–Crippen LogP) is 3.63. The highest BCUT2D eigenvalue weighted by Gasteiger charge is 2.56. The van der Waals surface area contributed by atoms with E-state index in [4.69, 9.17) is 21.1 Å². The molecule has 37 heavy (non-hydrogen) atoms. The first-order valence-corrected chi connectivity index (χ1v) is 13.9. The van der Waals surface area contributed by atoms with Crippen molar-refractivity contribution in [3.63, 3.8) is 0 Å². The van der Waals surface area contributed by atoms with Gasteiger partial charge in [-0.25, -0.2) is 4.98 Å². The van der Waals surface area contributed by atoms with Crippen LogP contribution in [-0.4, -0.2) is 69.5 Å². The second-order valence-corrected chi connectivity index (χ2v) is 12.5. The van der Waals surface area contributed by atoms with Crippen molar-refractivity contribution >= 4 is 40.7 Å². The van der Waals surface area contributed by atoms with Gasteiger partial charge >= 0.3 is 0 Å². The molecule has 206 valence electrons. The molecule has 7 atom stereocenters. The first-order chi connectivity index (χ1) is 17.3. The molecule has 0 aromatic carbocycles. The van der Waals surface area contributed by atoms with Crippen LogP contribution in [0, 0.1) is 24.2 Å². The fourth-order valence-corrected chi connectivity index (χ4v) is 5.54. The number of aliphatic hydroxyl groups excluding tert-OH is 2. The molecule has 1 aromatic rings. The molecule has 10 heteroatoms. The highest BCUT2D eigenvalue weighted by atomic mass is 35.5. The Labute approximate surface area is 228 Å². The van der Waals surface area contributed by atoms with Crippen LogP contribution in [0.3, 0.4) is 0 Å². The standard InChI is InChI=1S/C27H39ClN2O6S/c1-7-8-19-24(33)16(3)12-35-14-27(28)22(36-27)10-20(15(2)9-18-13-37-17(4)29-18)30-23(32)11-21(31)26(5,6)25(19)34/h7,9,13,16,19-22,24,31,33H,1,8,10-12,14H2,2-6H3,(H,30,32)/b15-9+/t16-,19+,20-,21-,22?,24-,27?/m0/s1. The van der Waals surface area contributed by atoms with E-state index in [0.29, 0.717) is 6.42 Å². The molecule has 8 nitrogen and oxygen atoms in total. The number of rotatable bonds is 4. The Morgan fingerprint density at radius 2 is 2.08 bits per heavy atom. The molecular formula is C27H39ClN2O6S. The van der Waals surface area contributed by atoms with Crippen molar-refractivity contribution in [2.24, 2.45) is 17.3 Å². The number of nitrogens with one attached hydrogen (secondary N) is 1. The number of allylic oxidation sites excluding steroid dienone is 1. The molecule has 0 bridgehead atoms. The Balaban J connectivity index is 1.88. The number of Topliss-reactive ketones (excluding diaryl/α,β-unsaturated/α-hetero) is 1. The van der Waals surface area contributed by atoms with Gasteiger partial charge in [0.25, 0.3) is 0 Å². The van der Waals surface area contributed by atoms with E-state index in [0.717, 1.165) is 16.3 Å². The summed E-state index contributed by atoms with van der Waals surface area (Å²) in [4.78, 5) is 31.1. The molecule has 0 spiro atoms. The van der Waals surface area contributed by atoms with Crippen molar-refractivity contribution in [1.29, 1.82) is 0 Å². The van der Waals surface area contributed by atoms with Crippen LogP contribution in [0.5, 0.6) is 0 Å². The van der Waals surface area contributed by atoms with Gasteiger partial charge in [-0.1, -0.05) is 38.4 Å². The van der Waals surface area contributed by atoms with E-state index in [1.54, 1.807) is 26.8 Å². The first kappa shape index (κ1) is 29.9. The number of epoxide rings is 1. The lowest BCUT2D eigenvalue weighted by atomic mass is 9.71. The number of ketones is 1. The number of aromatic nitrogens is 1. The highest BCUT2D eigenvalue weighted by molar-refractivity contribution is 7.09. The van der Waals surface area contributed by atoms with Crippen LogP contribution in [0.4, 0.5) is 0 Å². The lowest BCUT2D eigenvalue weighted by Gasteiger charge is -2.35. The Kier molecular flexibility index (Phi) is 9.75. The number of alkyl halides is 1. The van der Waals surface area contributed by atoms with Crippen molar-refractivity contribution in [1.82, 2.24) is 10.3 Å². The third-order valence-electron chi connectivity index (χ3n) is 7.39. The number of aliphatic hydroxyl groups is 2. The van der Waals surface area contributed by atoms with Gasteiger partial charge in [0.2, 0.25) is 5.91 Å². The average Bonchev–Trinajstić information content (AvgIpc) is 3.27. The van der Waals surface area contributed by atoms with Crippen molar-refractivity contribution in [3.05, 3.63) is 34.3 Å². The van der Waals surface area contributed by atoms with Crippen molar-refractivity contribution < 1.29 is 29.3 Å². The monoisotopic (exact) mass is 554 g/mol. The molecule has 2 aliphatic rings. The van der Waals surface area contributed by atoms with Crippen LogP contribution in [0.25, 0.3) is 6.08 Å². The summed E-state index contributed by atoms with van der Waals surface area (Å²) in [5, 5.41) is 26.8. The summed E-state index contributed by atoms with van der Waals surface area (Å²) in [5.74, 6) is -1.91. The number of thiazole rings is 1. The Hall–Kier alpha value is -1.62. The number of fused-ring (bicyclic) bond motifs is 1. The molecule has 2 fully saturated rings. The largest absolute Gasteiger partial charge is 0.392 e. The number of halogens is 1. The maximum absolute atomic E-state index is 13.5. The number of ether oxygens (including phenoxy) is 2. The van der Waals surface area contributed by atoms with Gasteiger partial charge in [0, 0.05) is 23.6 Å². The van der Waals surface area contributed by atoms with Crippen LogP contribution in [-0.2, 0) is 19.1 Å². The summed E-state index contributed by atoms with van der Waals surface area (Å²) in [6, 6.07) is -0.423. The third kappa shape index (κ3) is 7.28. The zero-order chi connectivity index (χ0) is 27.5. The summed E-state index contributed by atoms with van der Waals surface area (Å²) in [5.41, 5.74) is 0.390. The lowest BCUT2D eigenvalue weighted by Crippen LogP contribution is -2.48. The van der Waals surface area contributed by atoms with E-state index in [9.17, 15) is 19.8 Å². The number of carbonyl (C=O) groups excluding carboxylic acids is 2. The number of nitrogens with zero attached hydrogens (tertiary/aromatic N) is 1. The average molecular weight is 555 g/mol. The Bertz CT molecular complexity index is 1030. The number of hydrogen-bond donors (Lipinski definition) is 3. The van der Waals surface area contributed by atoms with Gasteiger partial charge < -0.3 is 25.0 Å². The molecule has 1 amide bonds. The van der Waals surface area contributed by atoms with Crippen molar-refractivity contribution in [2.75, 3.05) is 13.2 Å². The second-order valence-electron chi connectivity index (χ2n) is 10.8. The van der Waals surface area contributed by atoms with E-state index >= 15 is 0 Å². The van der Waals surface area contributed by atoms with E-state index in [-0.39, 0.29) is 43.9 Å². The third-order valence-corrected chi connectivity index (χ3v) is 8.62. The topological polar surface area (TPSA) is 121 Å². The van der Waals surface area contributed by atoms with E-state index in [2.05, 4.69) is 16.9 Å². The quantitative estimate of drug-likeness (QED) is 0.295. The molecule has 2 aliphatic heterocycles. The van der Waals surface area contributed by atoms with Gasteiger partial charge in [-0.2, -0.15) is 0 Å². The van der Waals surface area contributed by atoms with Crippen LogP contribution in [0.1, 0.15) is 57.7 Å². The minimum atomic E-state index is -1.27. The normalized spacial score (nSPS) is 35.9. The molecule has 3 N–H and O–H groups in total. The minimum absolute atomic E-state index is 0.106. The fourth-order valence-electron chi connectivity index (χ4n) is 4.69. The number of hydrogen-bond acceptors (Lipinski definition) is 8. The molecule has 2 unspecified atom stereocenters. The van der Waals surface area contributed by atoms with Crippen LogP contribution in [0.15, 0.2) is 23.6 Å². The summed E-state index contributed by atoms with van der Waals surface area (Å²) >= 11 is 8.17. The molecule has 3 rings (SSSR count). The molecule has 3 heterocycles. The van der Waals surface area contributed by atoms with Crippen molar-refractivity contribution in [3.8, 4) is 0 Å². The molecule has 0 saturated carbocycles. The zero-order valence-corrected chi connectivity index (χ0v) is 23.8. The number of carbonyl (C=O) groups is 2. The van der Waals surface area contributed by atoms with Gasteiger partial charge in [0.1, 0.15) is 11.9 Å². The van der Waals surface area contributed by atoms with E-state index < -0.39 is 40.6 Å². The van der Waals surface area contributed by atoms with Gasteiger partial charge in [-0.3, -0.25) is 9.59 Å². The Morgan fingerprint density at radius 3 is 2.70 bits per heavy atom. The number of aryl methyl sites for hydroxylation is 1. The zero-order valence-electron chi connectivity index (χ0n) is 22.2. The SMILES string of the molecule is C=CC[C@H]1C(=O)C(C)(C)[C@@H](O)CC(=O)N[C@H](/C(C)=C/c2csc(C)n2)CC2OC2(Cl)COC[C@H](C)[C@@H]1O. The second kappa shape index (κ2) is 12.1. The lowest BCUT2D eigenvalue weighted by molar-refractivity contribution is -0.144. The van der Waals surface area contributed by atoms with Gasteiger partial charge in [-0.15, -0.1) is 17.9 Å².